The Bertz CT molecular complexity index is 577. The molecule has 1 aromatic heterocycles. The van der Waals surface area contributed by atoms with E-state index in [2.05, 4.69) is 12.2 Å². The summed E-state index contributed by atoms with van der Waals surface area (Å²) in [5, 5.41) is 3.41. The van der Waals surface area contributed by atoms with Gasteiger partial charge in [0, 0.05) is 11.8 Å². The minimum absolute atomic E-state index is 0.0890. The average molecular weight is 289 g/mol. The predicted molar refractivity (Wildman–Crippen MR) is 84.3 cm³/mol. The maximum atomic E-state index is 5.64. The van der Waals surface area contributed by atoms with Gasteiger partial charge >= 0.3 is 0 Å². The van der Waals surface area contributed by atoms with Crippen molar-refractivity contribution < 1.29 is 13.9 Å². The average Bonchev–Trinajstić information content (AvgIpc) is 2.89. The third-order valence-electron chi connectivity index (χ3n) is 3.11. The summed E-state index contributed by atoms with van der Waals surface area (Å²) in [5.41, 5.74) is 0.975. The highest BCUT2D eigenvalue weighted by molar-refractivity contribution is 5.55. The topological polar surface area (TPSA) is 43.6 Å². The second kappa shape index (κ2) is 7.07. The van der Waals surface area contributed by atoms with E-state index in [1.165, 1.54) is 0 Å². The summed E-state index contributed by atoms with van der Waals surface area (Å²) >= 11 is 0. The van der Waals surface area contributed by atoms with E-state index in [-0.39, 0.29) is 6.04 Å². The fourth-order valence-corrected chi connectivity index (χ4v) is 2.15. The molecular formula is C17H23NO3. The number of benzene rings is 1. The molecule has 0 radical (unpaired) electrons. The van der Waals surface area contributed by atoms with Crippen LogP contribution in [0, 0.1) is 6.92 Å². The van der Waals surface area contributed by atoms with Gasteiger partial charge in [0.1, 0.15) is 11.5 Å². The van der Waals surface area contributed by atoms with E-state index >= 15 is 0 Å². The zero-order chi connectivity index (χ0) is 15.2. The molecule has 0 aliphatic rings. The molecule has 4 nitrogen and oxygen atoms in total. The zero-order valence-electron chi connectivity index (χ0n) is 13.1. The first-order chi connectivity index (χ1) is 10.1. The van der Waals surface area contributed by atoms with Gasteiger partial charge in [-0.2, -0.15) is 0 Å². The first kappa shape index (κ1) is 15.3. The summed E-state index contributed by atoms with van der Waals surface area (Å²) in [6.07, 6.45) is 0. The van der Waals surface area contributed by atoms with Gasteiger partial charge in [-0.15, -0.1) is 0 Å². The van der Waals surface area contributed by atoms with E-state index in [4.69, 9.17) is 13.9 Å². The minimum Gasteiger partial charge on any atom is -0.490 e. The predicted octanol–water partition coefficient (Wildman–Crippen LogP) is 4.56. The Labute approximate surface area is 126 Å². The molecule has 1 atom stereocenters. The lowest BCUT2D eigenvalue weighted by Crippen LogP contribution is -2.06. The number of nitrogens with one attached hydrogen (secondary N) is 1. The number of ether oxygens (including phenoxy) is 2. The Morgan fingerprint density at radius 1 is 1.05 bits per heavy atom. The van der Waals surface area contributed by atoms with Crippen LogP contribution in [-0.4, -0.2) is 13.2 Å². The van der Waals surface area contributed by atoms with E-state index in [0.717, 1.165) is 28.7 Å². The molecule has 4 heteroatoms. The first-order valence-corrected chi connectivity index (χ1v) is 7.36. The smallest absolute Gasteiger partial charge is 0.163 e. The molecule has 0 fully saturated rings. The van der Waals surface area contributed by atoms with Crippen molar-refractivity contribution in [2.24, 2.45) is 0 Å². The Kier molecular flexibility index (Phi) is 5.14. The molecule has 1 N–H and O–H groups in total. The standard InChI is InChI=1S/C17H23NO3/c1-5-19-16-10-8-14(11-17(16)20-6-2)18-13(4)15-9-7-12(3)21-15/h7-11,13,18H,5-6H2,1-4H3. The normalized spacial score (nSPS) is 12.0. The Balaban J connectivity index is 2.14. The van der Waals surface area contributed by atoms with Crippen LogP contribution in [0.3, 0.4) is 0 Å². The van der Waals surface area contributed by atoms with Crippen molar-refractivity contribution in [3.63, 3.8) is 0 Å². The van der Waals surface area contributed by atoms with Crippen LogP contribution in [0.4, 0.5) is 5.69 Å². The van der Waals surface area contributed by atoms with Crippen LogP contribution in [0.2, 0.25) is 0 Å². The molecule has 0 aliphatic heterocycles. The van der Waals surface area contributed by atoms with Crippen LogP contribution in [0.1, 0.15) is 38.3 Å². The number of furan rings is 1. The maximum Gasteiger partial charge on any atom is 0.163 e. The lowest BCUT2D eigenvalue weighted by molar-refractivity contribution is 0.288. The monoisotopic (exact) mass is 289 g/mol. The molecule has 0 amide bonds. The second-order valence-electron chi connectivity index (χ2n) is 4.84. The van der Waals surface area contributed by atoms with Gasteiger partial charge in [-0.05, 0) is 52.0 Å². The van der Waals surface area contributed by atoms with E-state index in [0.29, 0.717) is 13.2 Å². The van der Waals surface area contributed by atoms with E-state index in [9.17, 15) is 0 Å². The van der Waals surface area contributed by atoms with Crippen molar-refractivity contribution in [1.29, 1.82) is 0 Å². The molecule has 1 heterocycles. The Morgan fingerprint density at radius 3 is 2.38 bits per heavy atom. The summed E-state index contributed by atoms with van der Waals surface area (Å²) < 4.78 is 16.8. The minimum atomic E-state index is 0.0890. The summed E-state index contributed by atoms with van der Waals surface area (Å²) in [7, 11) is 0. The van der Waals surface area contributed by atoms with Crippen LogP contribution in [0.15, 0.2) is 34.7 Å². The van der Waals surface area contributed by atoms with Crippen LogP contribution in [0.5, 0.6) is 11.5 Å². The van der Waals surface area contributed by atoms with E-state index in [1.807, 2.05) is 51.1 Å². The number of hydrogen-bond acceptors (Lipinski definition) is 4. The molecule has 2 rings (SSSR count). The van der Waals surface area contributed by atoms with Crippen molar-refractivity contribution in [3.8, 4) is 11.5 Å². The van der Waals surface area contributed by atoms with Gasteiger partial charge in [0.25, 0.3) is 0 Å². The lowest BCUT2D eigenvalue weighted by Gasteiger charge is -2.16. The fraction of sp³-hybridized carbons (Fsp3) is 0.412. The maximum absolute atomic E-state index is 5.64. The van der Waals surface area contributed by atoms with Gasteiger partial charge in [-0.25, -0.2) is 0 Å². The van der Waals surface area contributed by atoms with E-state index < -0.39 is 0 Å². The van der Waals surface area contributed by atoms with Gasteiger partial charge < -0.3 is 19.2 Å². The number of aryl methyl sites for hydroxylation is 1. The van der Waals surface area contributed by atoms with Gasteiger partial charge in [-0.1, -0.05) is 0 Å². The van der Waals surface area contributed by atoms with Crippen molar-refractivity contribution in [2.75, 3.05) is 18.5 Å². The van der Waals surface area contributed by atoms with Gasteiger partial charge in [0.05, 0.1) is 19.3 Å². The fourth-order valence-electron chi connectivity index (χ4n) is 2.15. The van der Waals surface area contributed by atoms with Gasteiger partial charge in [0.2, 0.25) is 0 Å². The van der Waals surface area contributed by atoms with Gasteiger partial charge in [0.15, 0.2) is 11.5 Å². The molecule has 1 aromatic carbocycles. The summed E-state index contributed by atoms with van der Waals surface area (Å²) in [5.74, 6) is 3.36. The van der Waals surface area contributed by atoms with Crippen LogP contribution in [-0.2, 0) is 0 Å². The Morgan fingerprint density at radius 2 is 1.76 bits per heavy atom. The van der Waals surface area contributed by atoms with Crippen molar-refractivity contribution >= 4 is 5.69 Å². The summed E-state index contributed by atoms with van der Waals surface area (Å²) in [6.45, 7) is 9.16. The number of anilines is 1. The SMILES string of the molecule is CCOc1ccc(NC(C)c2ccc(C)o2)cc1OCC. The third kappa shape index (κ3) is 3.94. The molecular weight excluding hydrogens is 266 g/mol. The summed E-state index contributed by atoms with van der Waals surface area (Å²) in [4.78, 5) is 0. The third-order valence-corrected chi connectivity index (χ3v) is 3.11. The molecule has 0 saturated carbocycles. The Hall–Kier alpha value is -2.10. The highest BCUT2D eigenvalue weighted by Crippen LogP contribution is 2.32. The highest BCUT2D eigenvalue weighted by atomic mass is 16.5. The van der Waals surface area contributed by atoms with Gasteiger partial charge in [-0.3, -0.25) is 0 Å². The van der Waals surface area contributed by atoms with Crippen molar-refractivity contribution in [2.45, 2.75) is 33.7 Å². The zero-order valence-corrected chi connectivity index (χ0v) is 13.1. The van der Waals surface area contributed by atoms with Crippen molar-refractivity contribution in [1.82, 2.24) is 0 Å². The number of rotatable bonds is 7. The number of hydrogen-bond donors (Lipinski definition) is 1. The second-order valence-corrected chi connectivity index (χ2v) is 4.84. The largest absolute Gasteiger partial charge is 0.490 e. The quantitative estimate of drug-likeness (QED) is 0.811. The van der Waals surface area contributed by atoms with Crippen molar-refractivity contribution in [3.05, 3.63) is 41.9 Å². The molecule has 0 saturated heterocycles. The van der Waals surface area contributed by atoms with E-state index in [1.54, 1.807) is 0 Å². The molecule has 21 heavy (non-hydrogen) atoms. The van der Waals surface area contributed by atoms with Crippen LogP contribution >= 0.6 is 0 Å². The summed E-state index contributed by atoms with van der Waals surface area (Å²) in [6, 6.07) is 9.92. The lowest BCUT2D eigenvalue weighted by atomic mass is 10.2. The highest BCUT2D eigenvalue weighted by Gasteiger charge is 2.11. The molecule has 0 spiro atoms. The molecule has 1 unspecified atom stereocenters. The molecule has 0 bridgehead atoms. The molecule has 0 aliphatic carbocycles. The molecule has 2 aromatic rings. The van der Waals surface area contributed by atoms with Crippen LogP contribution in [0.25, 0.3) is 0 Å². The molecule has 114 valence electrons. The van der Waals surface area contributed by atoms with Crippen LogP contribution < -0.4 is 14.8 Å². The first-order valence-electron chi connectivity index (χ1n) is 7.36.